The molecule has 1 N–H and O–H groups in total. The van der Waals surface area contributed by atoms with Gasteiger partial charge in [0.05, 0.1) is 25.0 Å². The van der Waals surface area contributed by atoms with Gasteiger partial charge in [0.15, 0.2) is 5.69 Å². The van der Waals surface area contributed by atoms with Gasteiger partial charge < -0.3 is 9.47 Å². The fourth-order valence-electron chi connectivity index (χ4n) is 2.25. The number of methoxy groups -OCH3 is 2. The van der Waals surface area contributed by atoms with E-state index in [0.717, 1.165) is 22.7 Å². The molecule has 0 aliphatic rings. The summed E-state index contributed by atoms with van der Waals surface area (Å²) < 4.78 is 9.42. The van der Waals surface area contributed by atoms with Crippen LogP contribution >= 0.6 is 11.3 Å². The number of ether oxygens (including phenoxy) is 2. The first-order valence-electron chi connectivity index (χ1n) is 8.18. The minimum Gasteiger partial charge on any atom is -0.465 e. The number of azo groups is 1. The SMILES string of the molecule is COC(=O)c1nc(N=[N+](Nc2ccccc2)c2ccccc2)sc1C(=O)OC. The molecule has 3 aromatic rings. The number of rotatable bonds is 6. The largest absolute Gasteiger partial charge is 0.465 e. The first kappa shape index (κ1) is 19.2. The van der Waals surface area contributed by atoms with E-state index in [9.17, 15) is 9.59 Å². The zero-order valence-electron chi connectivity index (χ0n) is 15.2. The number of esters is 2. The smallest absolute Gasteiger partial charge is 0.358 e. The molecule has 0 radical (unpaired) electrons. The molecule has 0 aliphatic carbocycles. The van der Waals surface area contributed by atoms with Crippen LogP contribution in [0.4, 0.5) is 16.5 Å². The van der Waals surface area contributed by atoms with Gasteiger partial charge >= 0.3 is 11.9 Å². The van der Waals surface area contributed by atoms with E-state index in [1.54, 1.807) is 0 Å². The average molecular weight is 397 g/mol. The van der Waals surface area contributed by atoms with Gasteiger partial charge in [-0.3, -0.25) is 0 Å². The van der Waals surface area contributed by atoms with Crippen molar-refractivity contribution in [2.75, 3.05) is 19.6 Å². The summed E-state index contributed by atoms with van der Waals surface area (Å²) in [6.07, 6.45) is 0. The van der Waals surface area contributed by atoms with Crippen molar-refractivity contribution >= 4 is 39.8 Å². The molecule has 28 heavy (non-hydrogen) atoms. The lowest BCUT2D eigenvalue weighted by atomic mass is 10.3. The van der Waals surface area contributed by atoms with Crippen LogP contribution in [0.15, 0.2) is 65.8 Å². The second-order valence-electron chi connectivity index (χ2n) is 5.38. The molecule has 1 aromatic heterocycles. The third-order valence-electron chi connectivity index (χ3n) is 3.56. The molecule has 142 valence electrons. The highest BCUT2D eigenvalue weighted by Crippen LogP contribution is 2.28. The molecule has 0 saturated carbocycles. The number of nitrogens with zero attached hydrogens (tertiary/aromatic N) is 3. The highest BCUT2D eigenvalue weighted by atomic mass is 32.1. The Hall–Kier alpha value is -3.59. The first-order chi connectivity index (χ1) is 13.6. The van der Waals surface area contributed by atoms with Gasteiger partial charge in [-0.2, -0.15) is 0 Å². The lowest BCUT2D eigenvalue weighted by Crippen LogP contribution is -2.11. The number of carbonyl (C=O) groups is 2. The lowest BCUT2D eigenvalue weighted by molar-refractivity contribution is -0.475. The third kappa shape index (κ3) is 4.38. The van der Waals surface area contributed by atoms with Gasteiger partial charge in [-0.1, -0.05) is 47.7 Å². The molecule has 0 fully saturated rings. The van der Waals surface area contributed by atoms with E-state index in [1.807, 2.05) is 60.7 Å². The van der Waals surface area contributed by atoms with E-state index < -0.39 is 11.9 Å². The Morgan fingerprint density at radius 3 is 2.18 bits per heavy atom. The predicted molar refractivity (Wildman–Crippen MR) is 103 cm³/mol. The Balaban J connectivity index is 2.06. The maximum Gasteiger partial charge on any atom is 0.358 e. The van der Waals surface area contributed by atoms with Crippen LogP contribution in [-0.2, 0) is 9.47 Å². The maximum absolute atomic E-state index is 12.0. The zero-order chi connectivity index (χ0) is 19.9. The van der Waals surface area contributed by atoms with Gasteiger partial charge in [-0.15, -0.1) is 5.43 Å². The van der Waals surface area contributed by atoms with Gasteiger partial charge in [0.25, 0.3) is 10.8 Å². The number of hydrazine groups is 1. The molecular weight excluding hydrogens is 380 g/mol. The Kier molecular flexibility index (Phi) is 6.07. The summed E-state index contributed by atoms with van der Waals surface area (Å²) in [5.74, 6) is -1.41. The van der Waals surface area contributed by atoms with Crippen LogP contribution in [0.25, 0.3) is 0 Å². The maximum atomic E-state index is 12.0. The topological polar surface area (TPSA) is 92.9 Å². The highest BCUT2D eigenvalue weighted by Gasteiger charge is 2.26. The van der Waals surface area contributed by atoms with Crippen LogP contribution in [0.2, 0.25) is 0 Å². The highest BCUT2D eigenvalue weighted by molar-refractivity contribution is 7.17. The molecule has 1 heterocycles. The molecule has 0 aliphatic heterocycles. The van der Waals surface area contributed by atoms with Gasteiger partial charge in [-0.25, -0.2) is 14.6 Å². The standard InChI is InChI=1S/C19H16N4O4S/c1-26-17(24)15-16(18(25)27-2)28-19(20-15)22-23(14-11-7-4-8-12-14)21-13-9-5-3-6-10-13/h3-12H,1-2H3/p+1. The summed E-state index contributed by atoms with van der Waals surface area (Å²) in [6, 6.07) is 18.8. The molecular formula is C19H17N4O4S+. The van der Waals surface area contributed by atoms with E-state index in [4.69, 9.17) is 9.47 Å². The molecule has 8 nitrogen and oxygen atoms in total. The van der Waals surface area contributed by atoms with Crippen molar-refractivity contribution in [2.45, 2.75) is 0 Å². The van der Waals surface area contributed by atoms with Crippen molar-refractivity contribution in [2.24, 2.45) is 5.11 Å². The molecule has 2 aromatic carbocycles. The van der Waals surface area contributed by atoms with Crippen LogP contribution < -0.4 is 5.43 Å². The molecule has 0 amide bonds. The van der Waals surface area contributed by atoms with Crippen molar-refractivity contribution in [3.05, 3.63) is 71.2 Å². The van der Waals surface area contributed by atoms with Crippen LogP contribution in [-0.4, -0.2) is 35.9 Å². The Morgan fingerprint density at radius 2 is 1.57 bits per heavy atom. The van der Waals surface area contributed by atoms with Gasteiger partial charge in [-0.05, 0) is 12.1 Å². The van der Waals surface area contributed by atoms with Crippen molar-refractivity contribution < 1.29 is 23.9 Å². The molecule has 9 heteroatoms. The van der Waals surface area contributed by atoms with Crippen LogP contribution in [0.3, 0.4) is 0 Å². The fourth-order valence-corrected chi connectivity index (χ4v) is 3.09. The summed E-state index contributed by atoms with van der Waals surface area (Å²) >= 11 is 0.935. The quantitative estimate of drug-likeness (QED) is 0.290. The van der Waals surface area contributed by atoms with E-state index in [0.29, 0.717) is 0 Å². The van der Waals surface area contributed by atoms with E-state index in [1.165, 1.54) is 19.0 Å². The van der Waals surface area contributed by atoms with Crippen molar-refractivity contribution in [3.8, 4) is 0 Å². The number of thiazole rings is 1. The normalized spacial score (nSPS) is 11.0. The molecule has 0 spiro atoms. The second-order valence-corrected chi connectivity index (χ2v) is 6.36. The fraction of sp³-hybridized carbons (Fsp3) is 0.105. The molecule has 0 unspecified atom stereocenters. The Morgan fingerprint density at radius 1 is 0.964 bits per heavy atom. The lowest BCUT2D eigenvalue weighted by Gasteiger charge is -2.01. The summed E-state index contributed by atoms with van der Waals surface area (Å²) in [6.45, 7) is 0. The van der Waals surface area contributed by atoms with E-state index in [2.05, 4.69) is 15.5 Å². The minimum atomic E-state index is -0.736. The zero-order valence-corrected chi connectivity index (χ0v) is 16.0. The number of benzene rings is 2. The molecule has 3 rings (SSSR count). The molecule has 0 bridgehead atoms. The third-order valence-corrected chi connectivity index (χ3v) is 4.48. The Bertz CT molecular complexity index is 970. The Labute approximate surface area is 165 Å². The number of para-hydroxylation sites is 2. The number of aromatic nitrogens is 1. The summed E-state index contributed by atoms with van der Waals surface area (Å²) in [5, 5.41) is 4.64. The van der Waals surface area contributed by atoms with Crippen LogP contribution in [0, 0.1) is 0 Å². The number of hydrogen-bond donors (Lipinski definition) is 1. The first-order valence-corrected chi connectivity index (χ1v) is 9.00. The van der Waals surface area contributed by atoms with Gasteiger partial charge in [0.1, 0.15) is 4.88 Å². The molecule has 0 atom stereocenters. The van der Waals surface area contributed by atoms with E-state index in [-0.39, 0.29) is 15.7 Å². The summed E-state index contributed by atoms with van der Waals surface area (Å²) in [4.78, 5) is 29.6. The minimum absolute atomic E-state index is 0.0285. The molecule has 0 saturated heterocycles. The van der Waals surface area contributed by atoms with Crippen LogP contribution in [0.5, 0.6) is 0 Å². The summed E-state index contributed by atoms with van der Waals surface area (Å²) in [5.41, 5.74) is 4.56. The van der Waals surface area contributed by atoms with Crippen LogP contribution in [0.1, 0.15) is 20.2 Å². The van der Waals surface area contributed by atoms with Gasteiger partial charge in [0, 0.05) is 16.9 Å². The average Bonchev–Trinajstić information content (AvgIpc) is 3.17. The number of nitrogens with one attached hydrogen (secondary N) is 1. The predicted octanol–water partition coefficient (Wildman–Crippen LogP) is 4.17. The van der Waals surface area contributed by atoms with Crippen molar-refractivity contribution in [1.29, 1.82) is 0 Å². The van der Waals surface area contributed by atoms with Gasteiger partial charge in [0.2, 0.25) is 0 Å². The monoisotopic (exact) mass is 397 g/mol. The van der Waals surface area contributed by atoms with Crippen molar-refractivity contribution in [1.82, 2.24) is 4.98 Å². The van der Waals surface area contributed by atoms with Crippen molar-refractivity contribution in [3.63, 3.8) is 0 Å². The number of hydrogen-bond acceptors (Lipinski definition) is 7. The second kappa shape index (κ2) is 8.87. The summed E-state index contributed by atoms with van der Waals surface area (Å²) in [7, 11) is 2.44. The number of carbonyl (C=O) groups excluding carboxylic acids is 2. The van der Waals surface area contributed by atoms with E-state index >= 15 is 0 Å². The number of anilines is 1.